The highest BCUT2D eigenvalue weighted by Crippen LogP contribution is 2.37. The molecule has 0 radical (unpaired) electrons. The Morgan fingerprint density at radius 1 is 1.13 bits per heavy atom. The van der Waals surface area contributed by atoms with Gasteiger partial charge in [0.2, 0.25) is 0 Å². The Hall–Kier alpha value is -3.74. The van der Waals surface area contributed by atoms with Crippen LogP contribution in [0.1, 0.15) is 19.4 Å². The highest BCUT2D eigenvalue weighted by atomic mass is 16.5. The number of aromatic hydroxyl groups is 1. The maximum Gasteiger partial charge on any atom is 0.340 e. The minimum Gasteiger partial charge on any atom is -0.504 e. The second-order valence-electron chi connectivity index (χ2n) is 6.51. The first-order valence-electron chi connectivity index (χ1n) is 9.36. The van der Waals surface area contributed by atoms with Crippen molar-refractivity contribution >= 4 is 23.6 Å². The van der Waals surface area contributed by atoms with Gasteiger partial charge in [-0.3, -0.25) is 9.69 Å². The fourth-order valence-electron chi connectivity index (χ4n) is 3.28. The summed E-state index contributed by atoms with van der Waals surface area (Å²) in [5.41, 5.74) is 2.05. The molecule has 1 aliphatic heterocycles. The van der Waals surface area contributed by atoms with Crippen molar-refractivity contribution in [1.29, 1.82) is 0 Å². The van der Waals surface area contributed by atoms with Crippen LogP contribution < -0.4 is 14.4 Å². The van der Waals surface area contributed by atoms with Gasteiger partial charge < -0.3 is 19.3 Å². The van der Waals surface area contributed by atoms with Crippen LogP contribution in [-0.2, 0) is 14.3 Å². The zero-order valence-corrected chi connectivity index (χ0v) is 17.3. The zero-order valence-electron chi connectivity index (χ0n) is 17.3. The molecule has 0 saturated carbocycles. The monoisotopic (exact) mass is 409 g/mol. The Morgan fingerprint density at radius 3 is 2.43 bits per heavy atom. The molecule has 7 heteroatoms. The molecule has 2 aromatic rings. The SMILES string of the molecule is CCOc1cc(/C=C2\C(=O)N(c3ccc(OC)cc3)C(C)=C2C(=O)OC)ccc1O. The summed E-state index contributed by atoms with van der Waals surface area (Å²) in [5, 5.41) is 9.92. The molecule has 0 unspecified atom stereocenters. The van der Waals surface area contributed by atoms with Gasteiger partial charge in [0.25, 0.3) is 5.91 Å². The third kappa shape index (κ3) is 3.87. The molecule has 30 heavy (non-hydrogen) atoms. The molecule has 0 bridgehead atoms. The van der Waals surface area contributed by atoms with E-state index < -0.39 is 5.97 Å². The smallest absolute Gasteiger partial charge is 0.340 e. The quantitative estimate of drug-likeness (QED) is 0.579. The molecule has 1 amide bonds. The number of amides is 1. The maximum atomic E-state index is 13.3. The average Bonchev–Trinajstić information content (AvgIpc) is 2.99. The van der Waals surface area contributed by atoms with Crippen molar-refractivity contribution in [3.8, 4) is 17.2 Å². The number of anilines is 1. The number of esters is 1. The molecule has 7 nitrogen and oxygen atoms in total. The van der Waals surface area contributed by atoms with Gasteiger partial charge in [0, 0.05) is 11.4 Å². The third-order valence-corrected chi connectivity index (χ3v) is 4.71. The Kier molecular flexibility index (Phi) is 6.11. The van der Waals surface area contributed by atoms with E-state index in [2.05, 4.69) is 0 Å². The first-order chi connectivity index (χ1) is 14.4. The Morgan fingerprint density at radius 2 is 1.83 bits per heavy atom. The van der Waals surface area contributed by atoms with Crippen molar-refractivity contribution in [1.82, 2.24) is 0 Å². The van der Waals surface area contributed by atoms with E-state index in [1.165, 1.54) is 18.1 Å². The number of carbonyl (C=O) groups excluding carboxylic acids is 2. The standard InChI is InChI=1S/C23H23NO6/c1-5-30-20-13-15(6-11-19(20)25)12-18-21(23(27)29-4)14(2)24(22(18)26)16-7-9-17(28-3)10-8-16/h6-13,25H,5H2,1-4H3/b18-12-. The Bertz CT molecular complexity index is 1040. The lowest BCUT2D eigenvalue weighted by atomic mass is 10.0. The van der Waals surface area contributed by atoms with Crippen molar-refractivity contribution in [3.05, 3.63) is 64.9 Å². The van der Waals surface area contributed by atoms with Crippen LogP contribution in [0.4, 0.5) is 5.69 Å². The Labute approximate surface area is 174 Å². The first kappa shape index (κ1) is 21.0. The molecule has 3 rings (SSSR count). The van der Waals surface area contributed by atoms with E-state index in [0.29, 0.717) is 35.1 Å². The number of phenolic OH excluding ortho intramolecular Hbond substituents is 1. The van der Waals surface area contributed by atoms with E-state index in [9.17, 15) is 14.7 Å². The normalized spacial score (nSPS) is 15.0. The summed E-state index contributed by atoms with van der Waals surface area (Å²) in [4.78, 5) is 27.2. The number of hydrogen-bond donors (Lipinski definition) is 1. The number of phenols is 1. The number of hydrogen-bond acceptors (Lipinski definition) is 6. The summed E-state index contributed by atoms with van der Waals surface area (Å²) in [5.74, 6) is -0.0132. The molecular weight excluding hydrogens is 386 g/mol. The molecule has 156 valence electrons. The lowest BCUT2D eigenvalue weighted by Crippen LogP contribution is -2.24. The lowest BCUT2D eigenvalue weighted by molar-refractivity contribution is -0.136. The van der Waals surface area contributed by atoms with Gasteiger partial charge in [-0.25, -0.2) is 4.79 Å². The summed E-state index contributed by atoms with van der Waals surface area (Å²) in [6, 6.07) is 11.7. The van der Waals surface area contributed by atoms with Crippen LogP contribution in [0.25, 0.3) is 6.08 Å². The van der Waals surface area contributed by atoms with Gasteiger partial charge in [-0.15, -0.1) is 0 Å². The fourth-order valence-corrected chi connectivity index (χ4v) is 3.28. The summed E-state index contributed by atoms with van der Waals surface area (Å²) in [6.45, 7) is 3.88. The van der Waals surface area contributed by atoms with Gasteiger partial charge in [-0.05, 0) is 61.9 Å². The summed E-state index contributed by atoms with van der Waals surface area (Å²) in [6.07, 6.45) is 1.59. The van der Waals surface area contributed by atoms with Crippen molar-refractivity contribution in [2.24, 2.45) is 0 Å². The van der Waals surface area contributed by atoms with Gasteiger partial charge in [-0.2, -0.15) is 0 Å². The van der Waals surface area contributed by atoms with Gasteiger partial charge >= 0.3 is 5.97 Å². The molecule has 0 aliphatic carbocycles. The third-order valence-electron chi connectivity index (χ3n) is 4.71. The Balaban J connectivity index is 2.09. The van der Waals surface area contributed by atoms with Crippen LogP contribution >= 0.6 is 0 Å². The van der Waals surface area contributed by atoms with Crippen LogP contribution in [0.3, 0.4) is 0 Å². The molecule has 0 fully saturated rings. The van der Waals surface area contributed by atoms with E-state index in [4.69, 9.17) is 14.2 Å². The van der Waals surface area contributed by atoms with Gasteiger partial charge in [0.15, 0.2) is 11.5 Å². The minimum absolute atomic E-state index is 0.00322. The number of benzene rings is 2. The van der Waals surface area contributed by atoms with E-state index in [1.807, 2.05) is 0 Å². The number of rotatable bonds is 6. The van der Waals surface area contributed by atoms with Gasteiger partial charge in [0.05, 0.1) is 32.0 Å². The number of carbonyl (C=O) groups is 2. The summed E-state index contributed by atoms with van der Waals surface area (Å²) < 4.78 is 15.5. The second-order valence-corrected chi connectivity index (χ2v) is 6.51. The number of methoxy groups -OCH3 is 2. The highest BCUT2D eigenvalue weighted by Gasteiger charge is 2.37. The van der Waals surface area contributed by atoms with Crippen molar-refractivity contribution < 1.29 is 28.9 Å². The first-order valence-corrected chi connectivity index (χ1v) is 9.36. The van der Waals surface area contributed by atoms with E-state index in [-0.39, 0.29) is 22.8 Å². The largest absolute Gasteiger partial charge is 0.504 e. The average molecular weight is 409 g/mol. The zero-order chi connectivity index (χ0) is 21.8. The summed E-state index contributed by atoms with van der Waals surface area (Å²) in [7, 11) is 2.83. The topological polar surface area (TPSA) is 85.3 Å². The highest BCUT2D eigenvalue weighted by molar-refractivity contribution is 6.23. The number of allylic oxidation sites excluding steroid dienone is 1. The van der Waals surface area contributed by atoms with Gasteiger partial charge in [-0.1, -0.05) is 6.07 Å². The minimum atomic E-state index is -0.605. The number of nitrogens with zero attached hydrogens (tertiary/aromatic N) is 1. The van der Waals surface area contributed by atoms with Gasteiger partial charge in [0.1, 0.15) is 5.75 Å². The van der Waals surface area contributed by atoms with Crippen LogP contribution in [0, 0.1) is 0 Å². The fraction of sp³-hybridized carbons (Fsp3) is 0.217. The summed E-state index contributed by atoms with van der Waals surface area (Å²) >= 11 is 0. The lowest BCUT2D eigenvalue weighted by Gasteiger charge is -2.18. The van der Waals surface area contributed by atoms with Crippen molar-refractivity contribution in [2.45, 2.75) is 13.8 Å². The molecule has 1 aliphatic rings. The molecular formula is C23H23NO6. The number of ether oxygens (including phenoxy) is 3. The molecule has 1 N–H and O–H groups in total. The second kappa shape index (κ2) is 8.73. The van der Waals surface area contributed by atoms with E-state index in [1.54, 1.807) is 63.4 Å². The predicted octanol–water partition coefficient (Wildman–Crippen LogP) is 3.68. The van der Waals surface area contributed by atoms with Crippen LogP contribution in [0.5, 0.6) is 17.2 Å². The van der Waals surface area contributed by atoms with E-state index in [0.717, 1.165) is 0 Å². The maximum absolute atomic E-state index is 13.3. The van der Waals surface area contributed by atoms with Crippen molar-refractivity contribution in [3.63, 3.8) is 0 Å². The van der Waals surface area contributed by atoms with Crippen LogP contribution in [0.15, 0.2) is 59.3 Å². The van der Waals surface area contributed by atoms with Crippen LogP contribution in [0.2, 0.25) is 0 Å². The predicted molar refractivity (Wildman–Crippen MR) is 112 cm³/mol. The molecule has 0 spiro atoms. The molecule has 0 atom stereocenters. The molecule has 0 aromatic heterocycles. The van der Waals surface area contributed by atoms with E-state index >= 15 is 0 Å². The molecule has 2 aromatic carbocycles. The van der Waals surface area contributed by atoms with Crippen molar-refractivity contribution in [2.75, 3.05) is 25.7 Å². The molecule has 1 heterocycles. The van der Waals surface area contributed by atoms with Crippen LogP contribution in [-0.4, -0.2) is 37.8 Å². The molecule has 0 saturated heterocycles.